The first-order chi connectivity index (χ1) is 10.1. The van der Waals surface area contributed by atoms with Crippen molar-refractivity contribution in [2.45, 2.75) is 18.9 Å². The van der Waals surface area contributed by atoms with Crippen molar-refractivity contribution in [3.05, 3.63) is 46.0 Å². The van der Waals surface area contributed by atoms with Crippen LogP contribution >= 0.6 is 0 Å². The monoisotopic (exact) mass is 289 g/mol. The first-order valence-corrected chi connectivity index (χ1v) is 6.98. The van der Waals surface area contributed by atoms with Crippen LogP contribution in [0.1, 0.15) is 18.4 Å². The summed E-state index contributed by atoms with van der Waals surface area (Å²) in [5.74, 6) is -0.0414. The van der Waals surface area contributed by atoms with Gasteiger partial charge in [0.2, 0.25) is 5.91 Å². The molecule has 1 N–H and O–H groups in total. The van der Waals surface area contributed by atoms with Gasteiger partial charge in [-0.1, -0.05) is 0 Å². The molecule has 0 unspecified atom stereocenters. The average molecular weight is 289 g/mol. The lowest BCUT2D eigenvalue weighted by Crippen LogP contribution is -2.43. The lowest BCUT2D eigenvalue weighted by Gasteiger charge is -2.30. The summed E-state index contributed by atoms with van der Waals surface area (Å²) < 4.78 is 0. The summed E-state index contributed by atoms with van der Waals surface area (Å²) in [6.45, 7) is 1.88. The quantitative estimate of drug-likeness (QED) is 0.521. The Morgan fingerprint density at radius 1 is 1.33 bits per heavy atom. The van der Waals surface area contributed by atoms with Crippen molar-refractivity contribution in [3.8, 4) is 0 Å². The van der Waals surface area contributed by atoms with E-state index in [4.69, 9.17) is 0 Å². The fraction of sp³-hybridized carbons (Fsp3) is 0.400. The molecule has 0 aromatic heterocycles. The van der Waals surface area contributed by atoms with E-state index in [0.717, 1.165) is 31.5 Å². The van der Waals surface area contributed by atoms with Crippen LogP contribution in [-0.2, 0) is 4.79 Å². The van der Waals surface area contributed by atoms with Gasteiger partial charge in [0.15, 0.2) is 0 Å². The number of nitrogens with one attached hydrogen (secondary N) is 1. The molecule has 1 amide bonds. The topological polar surface area (TPSA) is 75.5 Å². The van der Waals surface area contributed by atoms with Crippen molar-refractivity contribution in [1.82, 2.24) is 10.2 Å². The predicted octanol–water partition coefficient (Wildman–Crippen LogP) is 1.82. The van der Waals surface area contributed by atoms with Crippen molar-refractivity contribution in [3.63, 3.8) is 0 Å². The summed E-state index contributed by atoms with van der Waals surface area (Å²) >= 11 is 0. The van der Waals surface area contributed by atoms with Crippen LogP contribution in [0.3, 0.4) is 0 Å². The Labute approximate surface area is 123 Å². The van der Waals surface area contributed by atoms with E-state index in [0.29, 0.717) is 0 Å². The maximum Gasteiger partial charge on any atom is 0.269 e. The number of amides is 1. The Hall–Kier alpha value is -2.21. The van der Waals surface area contributed by atoms with Crippen LogP contribution < -0.4 is 5.32 Å². The molecule has 0 saturated carbocycles. The first kappa shape index (κ1) is 15.2. The number of nitro benzene ring substituents is 1. The van der Waals surface area contributed by atoms with Gasteiger partial charge in [-0.2, -0.15) is 0 Å². The fourth-order valence-electron chi connectivity index (χ4n) is 2.37. The van der Waals surface area contributed by atoms with E-state index in [2.05, 4.69) is 5.32 Å². The average Bonchev–Trinajstić information content (AvgIpc) is 2.53. The van der Waals surface area contributed by atoms with E-state index in [9.17, 15) is 14.9 Å². The third-order valence-corrected chi connectivity index (χ3v) is 3.73. The molecule has 1 aliphatic rings. The molecule has 1 saturated heterocycles. The van der Waals surface area contributed by atoms with Gasteiger partial charge in [-0.05, 0) is 49.7 Å². The minimum absolute atomic E-state index is 0.0414. The van der Waals surface area contributed by atoms with E-state index in [1.165, 1.54) is 18.2 Å². The zero-order chi connectivity index (χ0) is 15.2. The third-order valence-electron chi connectivity index (χ3n) is 3.73. The number of nitrogens with zero attached hydrogens (tertiary/aromatic N) is 2. The Balaban J connectivity index is 1.95. The minimum Gasteiger partial charge on any atom is -0.339 e. The van der Waals surface area contributed by atoms with Gasteiger partial charge in [0.25, 0.3) is 5.69 Å². The van der Waals surface area contributed by atoms with E-state index in [1.54, 1.807) is 23.1 Å². The van der Waals surface area contributed by atoms with Gasteiger partial charge in [-0.15, -0.1) is 0 Å². The van der Waals surface area contributed by atoms with Gasteiger partial charge in [0.05, 0.1) is 4.92 Å². The molecule has 0 radical (unpaired) electrons. The minimum atomic E-state index is -0.441. The Morgan fingerprint density at radius 2 is 1.95 bits per heavy atom. The van der Waals surface area contributed by atoms with E-state index in [1.807, 2.05) is 7.05 Å². The van der Waals surface area contributed by atoms with Gasteiger partial charge in [0, 0.05) is 31.3 Å². The number of likely N-dealkylation sites (N-methyl/N-ethyl adjacent to an activating group) is 1. The molecule has 6 nitrogen and oxygen atoms in total. The van der Waals surface area contributed by atoms with Crippen LogP contribution in [0.4, 0.5) is 5.69 Å². The number of carbonyl (C=O) groups excluding carboxylic acids is 1. The number of hydrogen-bond acceptors (Lipinski definition) is 4. The lowest BCUT2D eigenvalue weighted by molar-refractivity contribution is -0.384. The number of rotatable bonds is 4. The van der Waals surface area contributed by atoms with Crippen LogP contribution in [0.5, 0.6) is 0 Å². The normalized spacial score (nSPS) is 16.0. The molecule has 112 valence electrons. The maximum atomic E-state index is 12.1. The largest absolute Gasteiger partial charge is 0.339 e. The summed E-state index contributed by atoms with van der Waals surface area (Å²) in [6.07, 6.45) is 5.13. The van der Waals surface area contributed by atoms with Crippen LogP contribution in [0.25, 0.3) is 6.08 Å². The summed E-state index contributed by atoms with van der Waals surface area (Å²) in [5, 5.41) is 13.8. The summed E-state index contributed by atoms with van der Waals surface area (Å²) in [7, 11) is 1.82. The molecule has 0 atom stereocenters. The second-order valence-electron chi connectivity index (χ2n) is 5.11. The molecule has 1 fully saturated rings. The molecule has 0 spiro atoms. The molecule has 1 heterocycles. The molecule has 2 rings (SSSR count). The summed E-state index contributed by atoms with van der Waals surface area (Å²) in [6, 6.07) is 6.40. The van der Waals surface area contributed by atoms with E-state index >= 15 is 0 Å². The Kier molecular flexibility index (Phi) is 5.05. The van der Waals surface area contributed by atoms with Crippen LogP contribution in [0.2, 0.25) is 0 Å². The molecule has 0 bridgehead atoms. The number of piperidine rings is 1. The third kappa shape index (κ3) is 4.13. The fourth-order valence-corrected chi connectivity index (χ4v) is 2.37. The molecule has 6 heteroatoms. The number of carbonyl (C=O) groups is 1. The maximum absolute atomic E-state index is 12.1. The highest BCUT2D eigenvalue weighted by molar-refractivity contribution is 5.91. The van der Waals surface area contributed by atoms with E-state index in [-0.39, 0.29) is 17.6 Å². The molecule has 0 aliphatic carbocycles. The smallest absolute Gasteiger partial charge is 0.269 e. The lowest BCUT2D eigenvalue weighted by atomic mass is 10.1. The van der Waals surface area contributed by atoms with E-state index < -0.39 is 4.92 Å². The molecule has 1 aliphatic heterocycles. The molecule has 21 heavy (non-hydrogen) atoms. The summed E-state index contributed by atoms with van der Waals surface area (Å²) in [4.78, 5) is 24.0. The van der Waals surface area contributed by atoms with Crippen molar-refractivity contribution in [2.24, 2.45) is 0 Å². The second kappa shape index (κ2) is 6.99. The Bertz CT molecular complexity index is 534. The van der Waals surface area contributed by atoms with Crippen molar-refractivity contribution < 1.29 is 9.72 Å². The standard InChI is InChI=1S/C15H19N3O3/c1-17(13-8-10-16-11-9-13)15(19)7-4-12-2-5-14(6-3-12)18(20)21/h2-7,13,16H,8-11H2,1H3/b7-4+. The second-order valence-corrected chi connectivity index (χ2v) is 5.11. The molecular weight excluding hydrogens is 270 g/mol. The van der Waals surface area contributed by atoms with Gasteiger partial charge >= 0.3 is 0 Å². The van der Waals surface area contributed by atoms with Crippen LogP contribution in [-0.4, -0.2) is 41.9 Å². The molecule has 1 aromatic carbocycles. The van der Waals surface area contributed by atoms with Gasteiger partial charge < -0.3 is 10.2 Å². The summed E-state index contributed by atoms with van der Waals surface area (Å²) in [5.41, 5.74) is 0.818. The highest BCUT2D eigenvalue weighted by Crippen LogP contribution is 2.14. The highest BCUT2D eigenvalue weighted by atomic mass is 16.6. The van der Waals surface area contributed by atoms with Gasteiger partial charge in [-0.25, -0.2) is 0 Å². The predicted molar refractivity (Wildman–Crippen MR) is 80.8 cm³/mol. The zero-order valence-electron chi connectivity index (χ0n) is 12.0. The molecular formula is C15H19N3O3. The van der Waals surface area contributed by atoms with Crippen molar-refractivity contribution in [1.29, 1.82) is 0 Å². The van der Waals surface area contributed by atoms with Crippen LogP contribution in [0.15, 0.2) is 30.3 Å². The number of non-ortho nitro benzene ring substituents is 1. The SMILES string of the molecule is CN(C(=O)/C=C/c1ccc([N+](=O)[O-])cc1)C1CCNCC1. The zero-order valence-corrected chi connectivity index (χ0v) is 12.0. The van der Waals surface area contributed by atoms with Gasteiger partial charge in [-0.3, -0.25) is 14.9 Å². The van der Waals surface area contributed by atoms with Crippen molar-refractivity contribution in [2.75, 3.05) is 20.1 Å². The number of nitro groups is 1. The number of benzene rings is 1. The number of hydrogen-bond donors (Lipinski definition) is 1. The Morgan fingerprint density at radius 3 is 2.52 bits per heavy atom. The molecule has 1 aromatic rings. The van der Waals surface area contributed by atoms with Crippen LogP contribution in [0, 0.1) is 10.1 Å². The van der Waals surface area contributed by atoms with Gasteiger partial charge in [0.1, 0.15) is 0 Å². The van der Waals surface area contributed by atoms with Crippen molar-refractivity contribution >= 4 is 17.7 Å². The first-order valence-electron chi connectivity index (χ1n) is 6.98. The highest BCUT2D eigenvalue weighted by Gasteiger charge is 2.20.